The van der Waals surface area contributed by atoms with E-state index in [1.54, 1.807) is 0 Å². The number of unbranched alkanes of at least 4 members (excludes halogenated alkanes) is 1. The normalized spacial score (nSPS) is 27.8. The second kappa shape index (κ2) is 6.20. The Morgan fingerprint density at radius 1 is 1.31 bits per heavy atom. The van der Waals surface area contributed by atoms with E-state index in [0.717, 1.165) is 19.1 Å². The zero-order valence-electron chi connectivity index (χ0n) is 8.96. The molecule has 1 nitrogen and oxygen atoms in total. The molecule has 0 N–H and O–H groups in total. The van der Waals surface area contributed by atoms with E-state index in [1.165, 1.54) is 25.7 Å². The molecule has 2 atom stereocenters. The molecule has 1 rings (SSSR count). The van der Waals surface area contributed by atoms with E-state index in [2.05, 4.69) is 26.0 Å². The van der Waals surface area contributed by atoms with Gasteiger partial charge in [0.05, 0.1) is 6.61 Å². The molecule has 1 heteroatoms. The molecule has 0 aliphatic heterocycles. The van der Waals surface area contributed by atoms with Crippen LogP contribution in [0.2, 0.25) is 0 Å². The lowest BCUT2D eigenvalue weighted by Gasteiger charge is -2.19. The van der Waals surface area contributed by atoms with Crippen LogP contribution in [0.5, 0.6) is 0 Å². The number of hydrogen-bond donors (Lipinski definition) is 0. The van der Waals surface area contributed by atoms with Crippen LogP contribution < -0.4 is 0 Å². The van der Waals surface area contributed by atoms with Gasteiger partial charge in [-0.3, -0.25) is 0 Å². The lowest BCUT2D eigenvalue weighted by Crippen LogP contribution is -2.13. The smallest absolute Gasteiger partial charge is 0.0528 e. The van der Waals surface area contributed by atoms with Gasteiger partial charge < -0.3 is 4.74 Å². The van der Waals surface area contributed by atoms with E-state index in [4.69, 9.17) is 4.74 Å². The monoisotopic (exact) mass is 182 g/mol. The fourth-order valence-corrected chi connectivity index (χ4v) is 1.64. The van der Waals surface area contributed by atoms with E-state index in [-0.39, 0.29) is 0 Å². The average Bonchev–Trinajstić information content (AvgIpc) is 2.15. The largest absolute Gasteiger partial charge is 0.381 e. The first-order chi connectivity index (χ1) is 6.33. The summed E-state index contributed by atoms with van der Waals surface area (Å²) in [6.07, 6.45) is 9.74. The Labute approximate surface area is 82.2 Å². The molecule has 0 radical (unpaired) electrons. The van der Waals surface area contributed by atoms with E-state index in [0.29, 0.717) is 5.92 Å². The quantitative estimate of drug-likeness (QED) is 0.467. The fourth-order valence-electron chi connectivity index (χ4n) is 1.64. The van der Waals surface area contributed by atoms with E-state index in [1.807, 2.05) is 0 Å². The van der Waals surface area contributed by atoms with Gasteiger partial charge >= 0.3 is 0 Å². The lowest BCUT2D eigenvalue weighted by atomic mass is 9.90. The van der Waals surface area contributed by atoms with Crippen molar-refractivity contribution in [3.63, 3.8) is 0 Å². The molecule has 0 aromatic rings. The summed E-state index contributed by atoms with van der Waals surface area (Å²) in [6, 6.07) is 0. The molecule has 0 bridgehead atoms. The minimum Gasteiger partial charge on any atom is -0.381 e. The third-order valence-corrected chi connectivity index (χ3v) is 2.68. The van der Waals surface area contributed by atoms with E-state index >= 15 is 0 Å². The third-order valence-electron chi connectivity index (χ3n) is 2.68. The lowest BCUT2D eigenvalue weighted by molar-refractivity contribution is 0.104. The van der Waals surface area contributed by atoms with Gasteiger partial charge in [-0.2, -0.15) is 0 Å². The molecule has 0 saturated carbocycles. The maximum absolute atomic E-state index is 5.60. The highest BCUT2D eigenvalue weighted by atomic mass is 16.5. The van der Waals surface area contributed by atoms with Crippen molar-refractivity contribution in [2.24, 2.45) is 11.8 Å². The molecular weight excluding hydrogens is 160 g/mol. The van der Waals surface area contributed by atoms with Gasteiger partial charge in [0.1, 0.15) is 0 Å². The highest BCUT2D eigenvalue weighted by Crippen LogP contribution is 2.21. The Kier molecular flexibility index (Phi) is 5.14. The molecule has 76 valence electrons. The first-order valence-corrected chi connectivity index (χ1v) is 5.59. The molecule has 13 heavy (non-hydrogen) atoms. The van der Waals surface area contributed by atoms with Crippen LogP contribution in [0.15, 0.2) is 12.2 Å². The Morgan fingerprint density at radius 3 is 2.77 bits per heavy atom. The minimum absolute atomic E-state index is 0.688. The van der Waals surface area contributed by atoms with Crippen molar-refractivity contribution < 1.29 is 4.74 Å². The number of hydrogen-bond acceptors (Lipinski definition) is 1. The number of ether oxygens (including phenoxy) is 1. The molecular formula is C12H22O. The van der Waals surface area contributed by atoms with Gasteiger partial charge in [0.15, 0.2) is 0 Å². The number of rotatable bonds is 5. The molecule has 0 unspecified atom stereocenters. The summed E-state index contributed by atoms with van der Waals surface area (Å²) < 4.78 is 5.60. The fraction of sp³-hybridized carbons (Fsp3) is 0.833. The van der Waals surface area contributed by atoms with Crippen LogP contribution in [0.4, 0.5) is 0 Å². The van der Waals surface area contributed by atoms with Crippen LogP contribution in [0.3, 0.4) is 0 Å². The van der Waals surface area contributed by atoms with Crippen molar-refractivity contribution >= 4 is 0 Å². The van der Waals surface area contributed by atoms with Crippen molar-refractivity contribution in [1.82, 2.24) is 0 Å². The first-order valence-electron chi connectivity index (χ1n) is 5.59. The predicted octanol–water partition coefficient (Wildman–Crippen LogP) is 3.41. The van der Waals surface area contributed by atoms with Crippen LogP contribution >= 0.6 is 0 Å². The first kappa shape index (κ1) is 10.8. The maximum Gasteiger partial charge on any atom is 0.0528 e. The van der Waals surface area contributed by atoms with Crippen LogP contribution in [0.25, 0.3) is 0 Å². The Balaban J connectivity index is 2.05. The molecule has 0 fully saturated rings. The molecule has 1 aliphatic rings. The second-order valence-corrected chi connectivity index (χ2v) is 4.13. The number of allylic oxidation sites excluding steroid dienone is 1. The van der Waals surface area contributed by atoms with Crippen molar-refractivity contribution in [1.29, 1.82) is 0 Å². The summed E-state index contributed by atoms with van der Waals surface area (Å²) in [6.45, 7) is 6.36. The Morgan fingerprint density at radius 2 is 2.15 bits per heavy atom. The third kappa shape index (κ3) is 4.47. The molecule has 0 aromatic carbocycles. The second-order valence-electron chi connectivity index (χ2n) is 4.13. The van der Waals surface area contributed by atoms with Gasteiger partial charge in [0.25, 0.3) is 0 Å². The Bertz CT molecular complexity index is 151. The molecule has 1 aliphatic carbocycles. The topological polar surface area (TPSA) is 9.23 Å². The van der Waals surface area contributed by atoms with Crippen molar-refractivity contribution in [3.8, 4) is 0 Å². The molecule has 0 aromatic heterocycles. The van der Waals surface area contributed by atoms with Crippen LogP contribution in [-0.2, 0) is 4.74 Å². The van der Waals surface area contributed by atoms with Crippen molar-refractivity contribution in [2.45, 2.75) is 39.5 Å². The van der Waals surface area contributed by atoms with Gasteiger partial charge in [0, 0.05) is 12.5 Å². The van der Waals surface area contributed by atoms with Gasteiger partial charge in [-0.05, 0) is 25.2 Å². The highest BCUT2D eigenvalue weighted by Gasteiger charge is 2.11. The van der Waals surface area contributed by atoms with Gasteiger partial charge in [-0.25, -0.2) is 0 Å². The van der Waals surface area contributed by atoms with Gasteiger partial charge in [-0.15, -0.1) is 0 Å². The summed E-state index contributed by atoms with van der Waals surface area (Å²) >= 11 is 0. The SMILES string of the molecule is CCCCOC[C@H]1C=C[C@@H](C)CC1. The van der Waals surface area contributed by atoms with Crippen LogP contribution in [-0.4, -0.2) is 13.2 Å². The van der Waals surface area contributed by atoms with E-state index in [9.17, 15) is 0 Å². The summed E-state index contributed by atoms with van der Waals surface area (Å²) in [5.74, 6) is 1.47. The minimum atomic E-state index is 0.688. The van der Waals surface area contributed by atoms with Crippen LogP contribution in [0, 0.1) is 11.8 Å². The zero-order chi connectivity index (χ0) is 9.52. The van der Waals surface area contributed by atoms with Crippen molar-refractivity contribution in [3.05, 3.63) is 12.2 Å². The summed E-state index contributed by atoms with van der Waals surface area (Å²) in [5.41, 5.74) is 0. The molecule has 0 amide bonds. The van der Waals surface area contributed by atoms with Gasteiger partial charge in [-0.1, -0.05) is 32.4 Å². The summed E-state index contributed by atoms with van der Waals surface area (Å²) in [7, 11) is 0. The predicted molar refractivity (Wildman–Crippen MR) is 56.8 cm³/mol. The molecule has 0 heterocycles. The van der Waals surface area contributed by atoms with Gasteiger partial charge in [0.2, 0.25) is 0 Å². The summed E-state index contributed by atoms with van der Waals surface area (Å²) in [4.78, 5) is 0. The summed E-state index contributed by atoms with van der Waals surface area (Å²) in [5, 5.41) is 0. The standard InChI is InChI=1S/C12H22O/c1-3-4-9-13-10-12-7-5-11(2)6-8-12/h5,7,11-12H,3-4,6,8-10H2,1-2H3/t11-,12+/m1/s1. The van der Waals surface area contributed by atoms with E-state index < -0.39 is 0 Å². The maximum atomic E-state index is 5.60. The zero-order valence-corrected chi connectivity index (χ0v) is 8.96. The highest BCUT2D eigenvalue weighted by molar-refractivity contribution is 4.96. The molecule has 0 saturated heterocycles. The van der Waals surface area contributed by atoms with Crippen LogP contribution in [0.1, 0.15) is 39.5 Å². The van der Waals surface area contributed by atoms with Crippen molar-refractivity contribution in [2.75, 3.05) is 13.2 Å². The molecule has 0 spiro atoms. The average molecular weight is 182 g/mol. The Hall–Kier alpha value is -0.300.